The summed E-state index contributed by atoms with van der Waals surface area (Å²) in [6.45, 7) is 8.51. The maximum atomic E-state index is 5.79. The zero-order chi connectivity index (χ0) is 11.3. The fourth-order valence-electron chi connectivity index (χ4n) is 1.60. The average Bonchev–Trinajstić information content (AvgIpc) is 2.95. The monoisotopic (exact) mass is 339 g/mol. The van der Waals surface area contributed by atoms with E-state index in [1.165, 1.54) is 19.3 Å². The third kappa shape index (κ3) is 5.92. The summed E-state index contributed by atoms with van der Waals surface area (Å²) in [5.74, 6) is 1.34. The molecule has 3 N–H and O–H groups in total. The van der Waals surface area contributed by atoms with Crippen LogP contribution < -0.4 is 11.1 Å². The van der Waals surface area contributed by atoms with Crippen LogP contribution in [0.3, 0.4) is 0 Å². The van der Waals surface area contributed by atoms with E-state index in [2.05, 4.69) is 31.1 Å². The second kappa shape index (κ2) is 7.35. The van der Waals surface area contributed by atoms with Crippen molar-refractivity contribution in [1.29, 1.82) is 0 Å². The number of rotatable bonds is 6. The Balaban J connectivity index is 0.00000225. The van der Waals surface area contributed by atoms with Gasteiger partial charge in [-0.15, -0.1) is 24.0 Å². The highest BCUT2D eigenvalue weighted by Gasteiger charge is 2.40. The second-order valence-corrected chi connectivity index (χ2v) is 5.16. The predicted octanol–water partition coefficient (Wildman–Crippen LogP) is 2.75. The van der Waals surface area contributed by atoms with E-state index in [1.54, 1.807) is 0 Å². The van der Waals surface area contributed by atoms with E-state index >= 15 is 0 Å². The number of hydrogen-bond donors (Lipinski definition) is 2. The van der Waals surface area contributed by atoms with Gasteiger partial charge in [0.25, 0.3) is 0 Å². The lowest BCUT2D eigenvalue weighted by atomic mass is 10.1. The number of aliphatic imine (C=N–C) groups is 1. The Morgan fingerprint density at radius 2 is 2.06 bits per heavy atom. The molecule has 1 saturated carbocycles. The molecule has 0 heterocycles. The van der Waals surface area contributed by atoms with Crippen LogP contribution in [0, 0.1) is 11.3 Å². The van der Waals surface area contributed by atoms with Gasteiger partial charge in [-0.1, -0.05) is 20.8 Å². The van der Waals surface area contributed by atoms with Crippen molar-refractivity contribution in [2.45, 2.75) is 46.5 Å². The lowest BCUT2D eigenvalue weighted by Gasteiger charge is -2.10. The first-order valence-electron chi connectivity index (χ1n) is 6.12. The normalized spacial score (nSPS) is 18.1. The van der Waals surface area contributed by atoms with E-state index in [1.807, 2.05) is 0 Å². The van der Waals surface area contributed by atoms with Crippen LogP contribution in [-0.2, 0) is 0 Å². The summed E-state index contributed by atoms with van der Waals surface area (Å²) < 4.78 is 0. The summed E-state index contributed by atoms with van der Waals surface area (Å²) in [6.07, 6.45) is 5.03. The Hall–Kier alpha value is 0. The third-order valence-electron chi connectivity index (χ3n) is 3.32. The first-order valence-corrected chi connectivity index (χ1v) is 6.12. The van der Waals surface area contributed by atoms with Crippen LogP contribution in [0.2, 0.25) is 0 Å². The van der Waals surface area contributed by atoms with Crippen molar-refractivity contribution in [3.63, 3.8) is 0 Å². The van der Waals surface area contributed by atoms with Gasteiger partial charge in [-0.05, 0) is 37.0 Å². The van der Waals surface area contributed by atoms with Gasteiger partial charge in [-0.3, -0.25) is 4.99 Å². The largest absolute Gasteiger partial charge is 0.370 e. The number of nitrogens with two attached hydrogens (primary N) is 1. The molecule has 96 valence electrons. The minimum absolute atomic E-state index is 0. The molecule has 0 saturated heterocycles. The van der Waals surface area contributed by atoms with Crippen molar-refractivity contribution < 1.29 is 0 Å². The fraction of sp³-hybridized carbons (Fsp3) is 0.917. The van der Waals surface area contributed by atoms with Crippen molar-refractivity contribution in [2.75, 3.05) is 13.1 Å². The van der Waals surface area contributed by atoms with Crippen LogP contribution in [0.15, 0.2) is 4.99 Å². The standard InChI is InChI=1S/C12H25N3.HI/c1-4-12(6-7-12)9-15-11(13)14-8-5-10(2)3;/h10H,4-9H2,1-3H3,(H3,13,14,15);1H. The van der Waals surface area contributed by atoms with Gasteiger partial charge in [0.1, 0.15) is 0 Å². The lowest BCUT2D eigenvalue weighted by Crippen LogP contribution is -2.33. The van der Waals surface area contributed by atoms with Crippen molar-refractivity contribution in [3.05, 3.63) is 0 Å². The SMILES string of the molecule is CCC1(CN=C(N)NCCC(C)C)CC1.I. The molecular formula is C12H26IN3. The molecule has 1 rings (SSSR count). The molecule has 1 aliphatic rings. The summed E-state index contributed by atoms with van der Waals surface area (Å²) in [6, 6.07) is 0. The summed E-state index contributed by atoms with van der Waals surface area (Å²) in [7, 11) is 0. The van der Waals surface area contributed by atoms with Crippen molar-refractivity contribution >= 4 is 29.9 Å². The minimum Gasteiger partial charge on any atom is -0.370 e. The molecule has 0 aromatic rings. The summed E-state index contributed by atoms with van der Waals surface area (Å²) in [4.78, 5) is 4.41. The van der Waals surface area contributed by atoms with Crippen molar-refractivity contribution in [2.24, 2.45) is 22.1 Å². The van der Waals surface area contributed by atoms with Crippen LogP contribution in [0.1, 0.15) is 46.5 Å². The number of hydrogen-bond acceptors (Lipinski definition) is 1. The van der Waals surface area contributed by atoms with Crippen molar-refractivity contribution in [3.8, 4) is 0 Å². The lowest BCUT2D eigenvalue weighted by molar-refractivity contribution is 0.504. The molecule has 0 aromatic heterocycles. The highest BCUT2D eigenvalue weighted by Crippen LogP contribution is 2.48. The first-order chi connectivity index (χ1) is 7.08. The second-order valence-electron chi connectivity index (χ2n) is 5.16. The minimum atomic E-state index is 0. The Morgan fingerprint density at radius 3 is 2.50 bits per heavy atom. The molecule has 0 radical (unpaired) electrons. The van der Waals surface area contributed by atoms with Crippen LogP contribution in [0.4, 0.5) is 0 Å². The number of halogens is 1. The van der Waals surface area contributed by atoms with Crippen LogP contribution >= 0.6 is 24.0 Å². The van der Waals surface area contributed by atoms with E-state index in [9.17, 15) is 0 Å². The third-order valence-corrected chi connectivity index (χ3v) is 3.32. The van der Waals surface area contributed by atoms with Crippen LogP contribution in [0.25, 0.3) is 0 Å². The molecule has 0 unspecified atom stereocenters. The summed E-state index contributed by atoms with van der Waals surface area (Å²) >= 11 is 0. The molecule has 16 heavy (non-hydrogen) atoms. The van der Waals surface area contributed by atoms with Gasteiger partial charge in [0.05, 0.1) is 0 Å². The Kier molecular flexibility index (Phi) is 7.35. The van der Waals surface area contributed by atoms with Gasteiger partial charge in [0, 0.05) is 13.1 Å². The van der Waals surface area contributed by atoms with E-state index in [-0.39, 0.29) is 24.0 Å². The van der Waals surface area contributed by atoms with Crippen LogP contribution in [-0.4, -0.2) is 19.0 Å². The quantitative estimate of drug-likeness (QED) is 0.444. The van der Waals surface area contributed by atoms with E-state index in [0.29, 0.717) is 11.4 Å². The zero-order valence-corrected chi connectivity index (χ0v) is 13.1. The summed E-state index contributed by atoms with van der Waals surface area (Å²) in [5, 5.41) is 3.17. The molecule has 1 fully saturated rings. The maximum absolute atomic E-state index is 5.79. The zero-order valence-electron chi connectivity index (χ0n) is 10.8. The Morgan fingerprint density at radius 1 is 1.44 bits per heavy atom. The average molecular weight is 339 g/mol. The molecular weight excluding hydrogens is 313 g/mol. The summed E-state index contributed by atoms with van der Waals surface area (Å²) in [5.41, 5.74) is 6.29. The number of guanidine groups is 1. The highest BCUT2D eigenvalue weighted by molar-refractivity contribution is 14.0. The fourth-order valence-corrected chi connectivity index (χ4v) is 1.60. The maximum Gasteiger partial charge on any atom is 0.188 e. The molecule has 0 amide bonds. The van der Waals surface area contributed by atoms with Gasteiger partial charge in [0.15, 0.2) is 5.96 Å². The predicted molar refractivity (Wildman–Crippen MR) is 81.3 cm³/mol. The molecule has 3 nitrogen and oxygen atoms in total. The van der Waals surface area contributed by atoms with Gasteiger partial charge in [-0.2, -0.15) is 0 Å². The first kappa shape index (κ1) is 16.0. The Labute approximate surface area is 117 Å². The molecule has 0 atom stereocenters. The molecule has 0 spiro atoms. The smallest absolute Gasteiger partial charge is 0.188 e. The molecule has 1 aliphatic carbocycles. The highest BCUT2D eigenvalue weighted by atomic mass is 127. The Bertz CT molecular complexity index is 222. The number of nitrogens with zero attached hydrogens (tertiary/aromatic N) is 1. The van der Waals surface area contributed by atoms with Gasteiger partial charge >= 0.3 is 0 Å². The van der Waals surface area contributed by atoms with Gasteiger partial charge in [0.2, 0.25) is 0 Å². The molecule has 0 aromatic carbocycles. The molecule has 0 bridgehead atoms. The van der Waals surface area contributed by atoms with Crippen LogP contribution in [0.5, 0.6) is 0 Å². The van der Waals surface area contributed by atoms with Gasteiger partial charge in [-0.25, -0.2) is 0 Å². The molecule has 4 heteroatoms. The van der Waals surface area contributed by atoms with E-state index in [0.717, 1.165) is 25.4 Å². The number of nitrogens with one attached hydrogen (secondary N) is 1. The van der Waals surface area contributed by atoms with Crippen molar-refractivity contribution in [1.82, 2.24) is 5.32 Å². The van der Waals surface area contributed by atoms with E-state index in [4.69, 9.17) is 5.73 Å². The topological polar surface area (TPSA) is 50.4 Å². The molecule has 0 aliphatic heterocycles. The van der Waals surface area contributed by atoms with E-state index < -0.39 is 0 Å². The van der Waals surface area contributed by atoms with Gasteiger partial charge < -0.3 is 11.1 Å².